The minimum atomic E-state index is -0.757. The van der Waals surface area contributed by atoms with Gasteiger partial charge >= 0.3 is 6.09 Å². The summed E-state index contributed by atoms with van der Waals surface area (Å²) in [6.45, 7) is 4.17. The fourth-order valence-corrected chi connectivity index (χ4v) is 4.76. The normalized spacial score (nSPS) is 14.9. The van der Waals surface area contributed by atoms with E-state index < -0.39 is 12.1 Å². The maximum Gasteiger partial charge on any atom is 0.408 e. The van der Waals surface area contributed by atoms with Crippen LogP contribution in [0.1, 0.15) is 29.5 Å². The van der Waals surface area contributed by atoms with Crippen LogP contribution < -0.4 is 5.32 Å². The molecule has 38 heavy (non-hydrogen) atoms. The number of ether oxygens (including phenoxy) is 1. The number of alkyl carbamates (subject to hydrolysis) is 1. The number of phenols is 1. The Morgan fingerprint density at radius 3 is 2.21 bits per heavy atom. The van der Waals surface area contributed by atoms with E-state index in [2.05, 4.69) is 34.5 Å². The Kier molecular flexibility index (Phi) is 10.2. The number of aromatic hydroxyl groups is 1. The molecule has 0 radical (unpaired) electrons. The summed E-state index contributed by atoms with van der Waals surface area (Å²) in [5.41, 5.74) is 3.08. The third kappa shape index (κ3) is 8.63. The molecule has 1 fully saturated rings. The summed E-state index contributed by atoms with van der Waals surface area (Å²) < 4.78 is 5.41. The number of benzene rings is 3. The molecule has 3 aromatic rings. The zero-order valence-electron chi connectivity index (χ0n) is 21.8. The number of amides is 2. The minimum absolute atomic E-state index is 0.110. The van der Waals surface area contributed by atoms with Crippen molar-refractivity contribution in [3.63, 3.8) is 0 Å². The van der Waals surface area contributed by atoms with Gasteiger partial charge in [-0.25, -0.2) is 4.79 Å². The zero-order valence-corrected chi connectivity index (χ0v) is 21.8. The summed E-state index contributed by atoms with van der Waals surface area (Å²) in [4.78, 5) is 30.6. The number of nitrogens with zero attached hydrogens (tertiary/aromatic N) is 2. The Morgan fingerprint density at radius 1 is 0.816 bits per heavy atom. The van der Waals surface area contributed by atoms with E-state index in [1.807, 2.05) is 41.3 Å². The van der Waals surface area contributed by atoms with Crippen LogP contribution in [0.2, 0.25) is 0 Å². The summed E-state index contributed by atoms with van der Waals surface area (Å²) in [6, 6.07) is 25.9. The molecule has 1 aliphatic heterocycles. The molecule has 4 rings (SSSR count). The molecule has 3 aromatic carbocycles. The predicted molar refractivity (Wildman–Crippen MR) is 148 cm³/mol. The third-order valence-electron chi connectivity index (χ3n) is 6.86. The van der Waals surface area contributed by atoms with Gasteiger partial charge in [-0.2, -0.15) is 0 Å². The monoisotopic (exact) mass is 515 g/mol. The number of hydrogen-bond donors (Lipinski definition) is 2. The fraction of sp³-hybridized carbons (Fsp3) is 0.355. The van der Waals surface area contributed by atoms with Crippen molar-refractivity contribution in [1.82, 2.24) is 15.1 Å². The lowest BCUT2D eigenvalue weighted by Crippen LogP contribution is -2.50. The molecule has 0 bridgehead atoms. The SMILES string of the molecule is O=C(N[C@@H](Cc1ccc(O)cc1)C(=O)N1CCCN(CCCc2ccccc2)CC1)OCc1ccccc1. The Bertz CT molecular complexity index is 1140. The molecule has 0 aliphatic carbocycles. The van der Waals surface area contributed by atoms with Crippen molar-refractivity contribution in [2.45, 2.75) is 38.3 Å². The van der Waals surface area contributed by atoms with Gasteiger partial charge in [-0.3, -0.25) is 4.79 Å². The quantitative estimate of drug-likeness (QED) is 0.418. The topological polar surface area (TPSA) is 82.1 Å². The Labute approximate surface area is 225 Å². The fourth-order valence-electron chi connectivity index (χ4n) is 4.76. The van der Waals surface area contributed by atoms with Gasteiger partial charge in [-0.05, 0) is 61.2 Å². The van der Waals surface area contributed by atoms with Crippen molar-refractivity contribution in [2.75, 3.05) is 32.7 Å². The van der Waals surface area contributed by atoms with E-state index in [4.69, 9.17) is 4.74 Å². The number of phenolic OH excluding ortho intramolecular Hbond substituents is 1. The van der Waals surface area contributed by atoms with Gasteiger partial charge in [0.1, 0.15) is 18.4 Å². The van der Waals surface area contributed by atoms with E-state index in [-0.39, 0.29) is 18.3 Å². The van der Waals surface area contributed by atoms with Crippen LogP contribution in [0, 0.1) is 0 Å². The van der Waals surface area contributed by atoms with Crippen LogP contribution in [0.15, 0.2) is 84.9 Å². The molecule has 0 aromatic heterocycles. The van der Waals surface area contributed by atoms with E-state index >= 15 is 0 Å². The average molecular weight is 516 g/mol. The van der Waals surface area contributed by atoms with Crippen LogP contribution >= 0.6 is 0 Å². The third-order valence-corrected chi connectivity index (χ3v) is 6.86. The molecule has 1 heterocycles. The van der Waals surface area contributed by atoms with Gasteiger partial charge in [0.15, 0.2) is 0 Å². The minimum Gasteiger partial charge on any atom is -0.508 e. The van der Waals surface area contributed by atoms with Crippen LogP contribution in [0.4, 0.5) is 4.79 Å². The molecule has 0 saturated carbocycles. The summed E-state index contributed by atoms with van der Waals surface area (Å²) in [5, 5.41) is 12.4. The van der Waals surface area contributed by atoms with Gasteiger partial charge in [0.25, 0.3) is 0 Å². The van der Waals surface area contributed by atoms with Gasteiger partial charge in [0.05, 0.1) is 0 Å². The molecule has 1 atom stereocenters. The van der Waals surface area contributed by atoms with Crippen molar-refractivity contribution in [2.24, 2.45) is 0 Å². The lowest BCUT2D eigenvalue weighted by Gasteiger charge is -2.27. The van der Waals surface area contributed by atoms with E-state index in [9.17, 15) is 14.7 Å². The molecule has 7 heteroatoms. The second kappa shape index (κ2) is 14.2. The molecular weight excluding hydrogens is 478 g/mol. The first kappa shape index (κ1) is 27.2. The van der Waals surface area contributed by atoms with E-state index in [1.165, 1.54) is 5.56 Å². The first-order valence-corrected chi connectivity index (χ1v) is 13.4. The van der Waals surface area contributed by atoms with Crippen LogP contribution in [0.3, 0.4) is 0 Å². The standard InChI is InChI=1S/C31H37N3O4/c35-28-16-14-26(15-17-28)23-29(32-31(37)38-24-27-11-5-2-6-12-27)30(36)34-20-8-19-33(21-22-34)18-7-13-25-9-3-1-4-10-25/h1-6,9-12,14-17,29,35H,7-8,13,18-24H2,(H,32,37)/t29-/m0/s1. The largest absolute Gasteiger partial charge is 0.508 e. The Hall–Kier alpha value is -3.84. The van der Waals surface area contributed by atoms with Crippen molar-refractivity contribution >= 4 is 12.0 Å². The molecule has 0 spiro atoms. The van der Waals surface area contributed by atoms with Gasteiger partial charge in [-0.1, -0.05) is 72.8 Å². The van der Waals surface area contributed by atoms with Crippen LogP contribution in [0.25, 0.3) is 0 Å². The molecule has 7 nitrogen and oxygen atoms in total. The smallest absolute Gasteiger partial charge is 0.408 e. The first-order chi connectivity index (χ1) is 18.6. The molecular formula is C31H37N3O4. The maximum absolute atomic E-state index is 13.6. The van der Waals surface area contributed by atoms with Crippen molar-refractivity contribution < 1.29 is 19.4 Å². The second-order valence-electron chi connectivity index (χ2n) is 9.74. The number of carbonyl (C=O) groups is 2. The van der Waals surface area contributed by atoms with Crippen molar-refractivity contribution in [3.8, 4) is 5.75 Å². The number of hydrogen-bond acceptors (Lipinski definition) is 5. The summed E-state index contributed by atoms with van der Waals surface area (Å²) in [7, 11) is 0. The summed E-state index contributed by atoms with van der Waals surface area (Å²) in [6.07, 6.45) is 2.71. The molecule has 1 aliphatic rings. The van der Waals surface area contributed by atoms with E-state index in [0.717, 1.165) is 50.0 Å². The number of carbonyl (C=O) groups excluding carboxylic acids is 2. The average Bonchev–Trinajstić information content (AvgIpc) is 3.19. The molecule has 200 valence electrons. The molecule has 0 unspecified atom stereocenters. The van der Waals surface area contributed by atoms with Crippen LogP contribution in [-0.4, -0.2) is 65.7 Å². The van der Waals surface area contributed by atoms with Gasteiger partial charge in [-0.15, -0.1) is 0 Å². The van der Waals surface area contributed by atoms with Crippen LogP contribution in [0.5, 0.6) is 5.75 Å². The van der Waals surface area contributed by atoms with E-state index in [0.29, 0.717) is 19.5 Å². The van der Waals surface area contributed by atoms with E-state index in [1.54, 1.807) is 24.3 Å². The highest BCUT2D eigenvalue weighted by Gasteiger charge is 2.28. The highest BCUT2D eigenvalue weighted by atomic mass is 16.5. The lowest BCUT2D eigenvalue weighted by molar-refractivity contribution is -0.133. The number of nitrogens with one attached hydrogen (secondary N) is 1. The van der Waals surface area contributed by atoms with Crippen molar-refractivity contribution in [1.29, 1.82) is 0 Å². The zero-order chi connectivity index (χ0) is 26.6. The molecule has 2 N–H and O–H groups in total. The van der Waals surface area contributed by atoms with Gasteiger partial charge in [0, 0.05) is 26.1 Å². The van der Waals surface area contributed by atoms with Crippen LogP contribution in [-0.2, 0) is 29.0 Å². The molecule has 2 amide bonds. The Morgan fingerprint density at radius 2 is 1.50 bits per heavy atom. The van der Waals surface area contributed by atoms with Crippen molar-refractivity contribution in [3.05, 3.63) is 102 Å². The van der Waals surface area contributed by atoms with Gasteiger partial charge in [0.2, 0.25) is 5.91 Å². The summed E-state index contributed by atoms with van der Waals surface area (Å²) >= 11 is 0. The number of rotatable bonds is 10. The second-order valence-corrected chi connectivity index (χ2v) is 9.74. The lowest BCUT2D eigenvalue weighted by atomic mass is 10.0. The van der Waals surface area contributed by atoms with Gasteiger partial charge < -0.3 is 25.0 Å². The highest BCUT2D eigenvalue weighted by Crippen LogP contribution is 2.14. The Balaban J connectivity index is 1.33. The predicted octanol–water partition coefficient (Wildman–Crippen LogP) is 4.40. The maximum atomic E-state index is 13.6. The first-order valence-electron chi connectivity index (χ1n) is 13.4. The summed E-state index contributed by atoms with van der Waals surface area (Å²) in [5.74, 6) is 0.0487. The highest BCUT2D eigenvalue weighted by molar-refractivity contribution is 5.86. The number of aryl methyl sites for hydroxylation is 1. The molecule has 1 saturated heterocycles.